The van der Waals surface area contributed by atoms with Gasteiger partial charge in [0.05, 0.1) is 31.4 Å². The third-order valence-corrected chi connectivity index (χ3v) is 5.23. The third-order valence-electron chi connectivity index (χ3n) is 5.23. The smallest absolute Gasteiger partial charge is 0.224 e. The predicted molar refractivity (Wildman–Crippen MR) is 101 cm³/mol. The zero-order valence-corrected chi connectivity index (χ0v) is 16.2. The molecule has 1 fully saturated rings. The van der Waals surface area contributed by atoms with Crippen LogP contribution in [0.1, 0.15) is 28.6 Å². The number of rotatable bonds is 6. The molecule has 2 aromatic rings. The molecule has 146 valence electrons. The van der Waals surface area contributed by atoms with E-state index in [1.807, 2.05) is 20.9 Å². The van der Waals surface area contributed by atoms with Crippen LogP contribution in [0.3, 0.4) is 0 Å². The fourth-order valence-corrected chi connectivity index (χ4v) is 3.54. The van der Waals surface area contributed by atoms with E-state index in [-0.39, 0.29) is 17.8 Å². The Morgan fingerprint density at radius 1 is 1.26 bits per heavy atom. The quantitative estimate of drug-likeness (QED) is 0.839. The van der Waals surface area contributed by atoms with Gasteiger partial charge in [0.15, 0.2) is 0 Å². The Morgan fingerprint density at radius 3 is 2.52 bits per heavy atom. The topological polar surface area (TPSA) is 59.4 Å². The van der Waals surface area contributed by atoms with Crippen LogP contribution in [0.15, 0.2) is 24.3 Å². The molecule has 1 amide bonds. The molecule has 1 saturated heterocycles. The summed E-state index contributed by atoms with van der Waals surface area (Å²) in [5, 5.41) is 7.42. The zero-order chi connectivity index (χ0) is 19.4. The maximum Gasteiger partial charge on any atom is 0.224 e. The van der Waals surface area contributed by atoms with E-state index in [4.69, 9.17) is 4.74 Å². The molecule has 0 radical (unpaired) electrons. The summed E-state index contributed by atoms with van der Waals surface area (Å²) in [6.45, 7) is 7.28. The van der Waals surface area contributed by atoms with Gasteiger partial charge in [0.1, 0.15) is 5.82 Å². The molecule has 1 aromatic carbocycles. The van der Waals surface area contributed by atoms with Gasteiger partial charge in [0.2, 0.25) is 5.91 Å². The minimum atomic E-state index is -0.258. The number of benzene rings is 1. The van der Waals surface area contributed by atoms with Crippen molar-refractivity contribution < 1.29 is 13.9 Å². The molecular formula is C20H27FN4O2. The van der Waals surface area contributed by atoms with Crippen LogP contribution in [-0.4, -0.2) is 53.4 Å². The van der Waals surface area contributed by atoms with Gasteiger partial charge in [-0.05, 0) is 31.5 Å². The van der Waals surface area contributed by atoms with Gasteiger partial charge in [-0.2, -0.15) is 5.10 Å². The lowest BCUT2D eigenvalue weighted by atomic mass is 10.0. The summed E-state index contributed by atoms with van der Waals surface area (Å²) in [6, 6.07) is 6.50. The average Bonchev–Trinajstić information content (AvgIpc) is 2.90. The molecule has 27 heavy (non-hydrogen) atoms. The number of nitrogens with one attached hydrogen (secondary N) is 1. The highest BCUT2D eigenvalue weighted by atomic mass is 19.1. The standard InChI is InChI=1S/C20H27FN4O2/c1-14-18(15(2)24(3)23-14)12-20(26)22-13-19(25-8-10-27-11-9-25)16-4-6-17(21)7-5-16/h4-7,19H,8-13H2,1-3H3,(H,22,26). The lowest BCUT2D eigenvalue weighted by Crippen LogP contribution is -2.44. The van der Waals surface area contributed by atoms with Crippen molar-refractivity contribution in [2.24, 2.45) is 7.05 Å². The number of aryl methyl sites for hydroxylation is 2. The fraction of sp³-hybridized carbons (Fsp3) is 0.500. The molecule has 1 aliphatic heterocycles. The van der Waals surface area contributed by atoms with Gasteiger partial charge in [0, 0.05) is 37.9 Å². The van der Waals surface area contributed by atoms with Gasteiger partial charge < -0.3 is 10.1 Å². The zero-order valence-electron chi connectivity index (χ0n) is 16.2. The molecule has 1 aromatic heterocycles. The van der Waals surface area contributed by atoms with E-state index in [0.29, 0.717) is 26.2 Å². The van der Waals surface area contributed by atoms with E-state index in [0.717, 1.165) is 35.6 Å². The highest BCUT2D eigenvalue weighted by Gasteiger charge is 2.23. The van der Waals surface area contributed by atoms with Crippen molar-refractivity contribution in [1.82, 2.24) is 20.0 Å². The van der Waals surface area contributed by atoms with Crippen LogP contribution >= 0.6 is 0 Å². The van der Waals surface area contributed by atoms with Crippen molar-refractivity contribution >= 4 is 5.91 Å². The number of nitrogens with zero attached hydrogens (tertiary/aromatic N) is 3. The molecule has 2 heterocycles. The molecule has 0 spiro atoms. The summed E-state index contributed by atoms with van der Waals surface area (Å²) in [7, 11) is 1.88. The molecule has 1 N–H and O–H groups in total. The summed E-state index contributed by atoms with van der Waals surface area (Å²) >= 11 is 0. The number of carbonyl (C=O) groups is 1. The van der Waals surface area contributed by atoms with Gasteiger partial charge in [-0.15, -0.1) is 0 Å². The highest BCUT2D eigenvalue weighted by Crippen LogP contribution is 2.22. The van der Waals surface area contributed by atoms with Crippen LogP contribution in [0.25, 0.3) is 0 Å². The Morgan fingerprint density at radius 2 is 1.93 bits per heavy atom. The molecule has 0 bridgehead atoms. The Hall–Kier alpha value is -2.25. The van der Waals surface area contributed by atoms with Crippen LogP contribution in [0.2, 0.25) is 0 Å². The number of morpholine rings is 1. The van der Waals surface area contributed by atoms with E-state index >= 15 is 0 Å². The van der Waals surface area contributed by atoms with Crippen LogP contribution in [0.5, 0.6) is 0 Å². The minimum absolute atomic E-state index is 0.00505. The third kappa shape index (κ3) is 4.73. The molecule has 1 aliphatic rings. The summed E-state index contributed by atoms with van der Waals surface area (Å²) < 4.78 is 20.6. The van der Waals surface area contributed by atoms with Crippen LogP contribution < -0.4 is 5.32 Å². The molecule has 6 nitrogen and oxygen atoms in total. The number of hydrogen-bond acceptors (Lipinski definition) is 4. The average molecular weight is 374 g/mol. The molecule has 3 rings (SSSR count). The van der Waals surface area contributed by atoms with Gasteiger partial charge in [0.25, 0.3) is 0 Å². The second-order valence-corrected chi connectivity index (χ2v) is 6.97. The van der Waals surface area contributed by atoms with E-state index in [9.17, 15) is 9.18 Å². The first-order chi connectivity index (χ1) is 13.0. The molecule has 1 atom stereocenters. The molecule has 7 heteroatoms. The maximum absolute atomic E-state index is 13.3. The van der Waals surface area contributed by atoms with Crippen LogP contribution in [0.4, 0.5) is 4.39 Å². The fourth-order valence-electron chi connectivity index (χ4n) is 3.54. The molecular weight excluding hydrogens is 347 g/mol. The second kappa shape index (κ2) is 8.63. The lowest BCUT2D eigenvalue weighted by molar-refractivity contribution is -0.120. The molecule has 1 unspecified atom stereocenters. The Labute approximate surface area is 159 Å². The van der Waals surface area contributed by atoms with Gasteiger partial charge in [-0.1, -0.05) is 12.1 Å². The first kappa shape index (κ1) is 19.5. The summed E-state index contributed by atoms with van der Waals surface area (Å²) in [6.07, 6.45) is 0.310. The number of ether oxygens (including phenoxy) is 1. The van der Waals surface area contributed by atoms with Crippen molar-refractivity contribution in [3.63, 3.8) is 0 Å². The van der Waals surface area contributed by atoms with Crippen LogP contribution in [0, 0.1) is 19.7 Å². The van der Waals surface area contributed by atoms with Crippen LogP contribution in [-0.2, 0) is 23.0 Å². The minimum Gasteiger partial charge on any atom is -0.379 e. The Balaban J connectivity index is 1.68. The molecule has 0 aliphatic carbocycles. The SMILES string of the molecule is Cc1nn(C)c(C)c1CC(=O)NCC(c1ccc(F)cc1)N1CCOCC1. The largest absolute Gasteiger partial charge is 0.379 e. The van der Waals surface area contributed by atoms with Crippen molar-refractivity contribution in [2.75, 3.05) is 32.8 Å². The predicted octanol–water partition coefficient (Wildman–Crippen LogP) is 1.91. The van der Waals surface area contributed by atoms with E-state index in [2.05, 4.69) is 15.3 Å². The summed E-state index contributed by atoms with van der Waals surface area (Å²) in [5.41, 5.74) is 3.85. The van der Waals surface area contributed by atoms with Crippen molar-refractivity contribution in [3.8, 4) is 0 Å². The highest BCUT2D eigenvalue weighted by molar-refractivity contribution is 5.79. The molecule has 0 saturated carbocycles. The van der Waals surface area contributed by atoms with Gasteiger partial charge >= 0.3 is 0 Å². The summed E-state index contributed by atoms with van der Waals surface area (Å²) in [5.74, 6) is -0.291. The van der Waals surface area contributed by atoms with E-state index < -0.39 is 0 Å². The summed E-state index contributed by atoms with van der Waals surface area (Å²) in [4.78, 5) is 14.8. The van der Waals surface area contributed by atoms with Gasteiger partial charge in [-0.25, -0.2) is 4.39 Å². The van der Waals surface area contributed by atoms with E-state index in [1.165, 1.54) is 12.1 Å². The Kier molecular flexibility index (Phi) is 6.23. The van der Waals surface area contributed by atoms with Crippen molar-refractivity contribution in [3.05, 3.63) is 52.6 Å². The monoisotopic (exact) mass is 374 g/mol. The first-order valence-corrected chi connectivity index (χ1v) is 9.28. The van der Waals surface area contributed by atoms with Gasteiger partial charge in [-0.3, -0.25) is 14.4 Å². The normalized spacial score (nSPS) is 16.3. The number of hydrogen-bond donors (Lipinski definition) is 1. The lowest BCUT2D eigenvalue weighted by Gasteiger charge is -2.35. The van der Waals surface area contributed by atoms with Crippen molar-refractivity contribution in [2.45, 2.75) is 26.3 Å². The van der Waals surface area contributed by atoms with E-state index in [1.54, 1.807) is 16.8 Å². The number of aromatic nitrogens is 2. The number of carbonyl (C=O) groups excluding carboxylic acids is 1. The van der Waals surface area contributed by atoms with Crippen molar-refractivity contribution in [1.29, 1.82) is 0 Å². The Bertz CT molecular complexity index is 782. The first-order valence-electron chi connectivity index (χ1n) is 9.28. The number of amides is 1. The second-order valence-electron chi connectivity index (χ2n) is 6.97. The maximum atomic E-state index is 13.3. The number of halogens is 1.